The van der Waals surface area contributed by atoms with Gasteiger partial charge in [-0.15, -0.1) is 0 Å². The average Bonchev–Trinajstić information content (AvgIpc) is 1.98. The molecule has 0 fully saturated rings. The topological polar surface area (TPSA) is 38.3 Å². The lowest BCUT2D eigenvalue weighted by molar-refractivity contribution is -0.870. The molecular weight excluding hydrogens is 168 g/mol. The first kappa shape index (κ1) is 12.2. The van der Waals surface area contributed by atoms with Gasteiger partial charge in [0.1, 0.15) is 13.2 Å². The fraction of sp³-hybridized carbons (Fsp3) is 0.889. The van der Waals surface area contributed by atoms with Crippen molar-refractivity contribution in [2.45, 2.75) is 13.3 Å². The van der Waals surface area contributed by atoms with Gasteiger partial charge in [0.05, 0.1) is 21.1 Å². The van der Waals surface area contributed by atoms with Crippen molar-refractivity contribution in [1.82, 2.24) is 5.32 Å². The van der Waals surface area contributed by atoms with Crippen molar-refractivity contribution in [2.75, 3.05) is 40.8 Å². The highest BCUT2D eigenvalue weighted by Gasteiger charge is 2.08. The van der Waals surface area contributed by atoms with Crippen LogP contribution in [0.3, 0.4) is 0 Å². The predicted molar refractivity (Wildman–Crippen MR) is 52.5 cm³/mol. The average molecular weight is 189 g/mol. The Morgan fingerprint density at radius 3 is 2.46 bits per heavy atom. The first-order valence-electron chi connectivity index (χ1n) is 4.67. The summed E-state index contributed by atoms with van der Waals surface area (Å²) in [4.78, 5) is 10.9. The summed E-state index contributed by atoms with van der Waals surface area (Å²) < 4.78 is 5.76. The van der Waals surface area contributed by atoms with Crippen molar-refractivity contribution in [3.8, 4) is 0 Å². The number of quaternary nitrogens is 1. The van der Waals surface area contributed by atoms with Gasteiger partial charge < -0.3 is 14.5 Å². The van der Waals surface area contributed by atoms with Crippen LogP contribution in [-0.4, -0.2) is 51.4 Å². The maximum atomic E-state index is 10.9. The Morgan fingerprint density at radius 1 is 1.38 bits per heavy atom. The monoisotopic (exact) mass is 189 g/mol. The van der Waals surface area contributed by atoms with E-state index in [1.54, 1.807) is 0 Å². The Kier molecular flexibility index (Phi) is 5.46. The highest BCUT2D eigenvalue weighted by atomic mass is 16.5. The van der Waals surface area contributed by atoms with E-state index in [-0.39, 0.29) is 6.09 Å². The first-order valence-corrected chi connectivity index (χ1v) is 4.67. The summed E-state index contributed by atoms with van der Waals surface area (Å²) in [6, 6.07) is 0. The zero-order chi connectivity index (χ0) is 10.3. The molecule has 4 nitrogen and oxygen atoms in total. The van der Waals surface area contributed by atoms with Crippen LogP contribution in [0, 0.1) is 0 Å². The van der Waals surface area contributed by atoms with Crippen molar-refractivity contribution in [3.63, 3.8) is 0 Å². The fourth-order valence-electron chi connectivity index (χ4n) is 0.690. The Morgan fingerprint density at radius 2 is 2.00 bits per heavy atom. The van der Waals surface area contributed by atoms with Crippen LogP contribution >= 0.6 is 0 Å². The maximum Gasteiger partial charge on any atom is 0.407 e. The summed E-state index contributed by atoms with van der Waals surface area (Å²) in [5, 5.41) is 2.65. The number of hydrogen-bond donors (Lipinski definition) is 1. The molecule has 0 bridgehead atoms. The molecule has 1 amide bonds. The second kappa shape index (κ2) is 5.80. The van der Waals surface area contributed by atoms with Crippen LogP contribution in [0.2, 0.25) is 0 Å². The van der Waals surface area contributed by atoms with Gasteiger partial charge in [-0.3, -0.25) is 0 Å². The number of carbonyl (C=O) groups is 1. The Balaban J connectivity index is 3.37. The lowest BCUT2D eigenvalue weighted by Crippen LogP contribution is -2.39. The minimum absolute atomic E-state index is 0.310. The third-order valence-corrected chi connectivity index (χ3v) is 1.51. The zero-order valence-electron chi connectivity index (χ0n) is 9.09. The van der Waals surface area contributed by atoms with Crippen molar-refractivity contribution < 1.29 is 14.0 Å². The molecule has 4 heteroatoms. The lowest BCUT2D eigenvalue weighted by Gasteiger charge is -2.23. The van der Waals surface area contributed by atoms with E-state index >= 15 is 0 Å². The van der Waals surface area contributed by atoms with E-state index in [0.717, 1.165) is 17.4 Å². The molecule has 0 aromatic heterocycles. The van der Waals surface area contributed by atoms with Gasteiger partial charge in [-0.25, -0.2) is 4.79 Å². The molecule has 0 aliphatic rings. The van der Waals surface area contributed by atoms with Gasteiger partial charge in [0.15, 0.2) is 0 Å². The summed E-state index contributed by atoms with van der Waals surface area (Å²) in [7, 11) is 6.19. The Hall–Kier alpha value is -0.770. The van der Waals surface area contributed by atoms with Gasteiger partial charge in [0.2, 0.25) is 0 Å². The minimum atomic E-state index is -0.310. The van der Waals surface area contributed by atoms with E-state index in [9.17, 15) is 4.79 Å². The molecule has 0 rings (SSSR count). The van der Waals surface area contributed by atoms with Crippen molar-refractivity contribution in [1.29, 1.82) is 0 Å². The standard InChI is InChI=1S/C9H20N2O2/c1-5-6-10-9(12)13-8-7-11(2,3)4/h5-8H2,1-4H3/p+1. The highest BCUT2D eigenvalue weighted by molar-refractivity contribution is 5.66. The molecule has 78 valence electrons. The summed E-state index contributed by atoms with van der Waals surface area (Å²) >= 11 is 0. The van der Waals surface area contributed by atoms with E-state index in [0.29, 0.717) is 13.2 Å². The van der Waals surface area contributed by atoms with Gasteiger partial charge >= 0.3 is 6.09 Å². The number of ether oxygens (including phenoxy) is 1. The van der Waals surface area contributed by atoms with Crippen LogP contribution in [0.1, 0.15) is 13.3 Å². The SMILES string of the molecule is CCCNC(=O)OCC[N+](C)(C)C. The quantitative estimate of drug-likeness (QED) is 0.650. The summed E-state index contributed by atoms with van der Waals surface area (Å²) in [5.74, 6) is 0. The van der Waals surface area contributed by atoms with Crippen LogP contribution in [0.25, 0.3) is 0 Å². The fourth-order valence-corrected chi connectivity index (χ4v) is 0.690. The third kappa shape index (κ3) is 9.14. The van der Waals surface area contributed by atoms with E-state index in [1.807, 2.05) is 6.92 Å². The van der Waals surface area contributed by atoms with Gasteiger partial charge in [0, 0.05) is 6.54 Å². The number of nitrogens with one attached hydrogen (secondary N) is 1. The molecule has 0 aliphatic heterocycles. The number of hydrogen-bond acceptors (Lipinski definition) is 2. The van der Waals surface area contributed by atoms with Crippen molar-refractivity contribution in [2.24, 2.45) is 0 Å². The molecule has 0 atom stereocenters. The molecule has 13 heavy (non-hydrogen) atoms. The van der Waals surface area contributed by atoms with Crippen LogP contribution in [0.4, 0.5) is 4.79 Å². The molecule has 1 N–H and O–H groups in total. The molecular formula is C9H21N2O2+. The summed E-state index contributed by atoms with van der Waals surface area (Å²) in [5.41, 5.74) is 0. The van der Waals surface area contributed by atoms with Gasteiger partial charge in [-0.1, -0.05) is 6.92 Å². The van der Waals surface area contributed by atoms with Gasteiger partial charge in [-0.05, 0) is 6.42 Å². The third-order valence-electron chi connectivity index (χ3n) is 1.51. The normalized spacial score (nSPS) is 11.1. The second-order valence-electron chi connectivity index (χ2n) is 4.08. The largest absolute Gasteiger partial charge is 0.444 e. The highest BCUT2D eigenvalue weighted by Crippen LogP contribution is 1.89. The number of likely N-dealkylation sites (N-methyl/N-ethyl adjacent to an activating group) is 1. The predicted octanol–water partition coefficient (Wildman–Crippen LogP) is 0.829. The molecule has 0 unspecified atom stereocenters. The number of rotatable bonds is 5. The molecule has 0 radical (unpaired) electrons. The van der Waals surface area contributed by atoms with Crippen LogP contribution in [0.5, 0.6) is 0 Å². The summed E-state index contributed by atoms with van der Waals surface area (Å²) in [6.07, 6.45) is 0.625. The molecule has 0 heterocycles. The number of alkyl carbamates (subject to hydrolysis) is 1. The number of carbonyl (C=O) groups excluding carboxylic acids is 1. The zero-order valence-corrected chi connectivity index (χ0v) is 9.09. The van der Waals surface area contributed by atoms with E-state index in [1.165, 1.54) is 0 Å². The smallest absolute Gasteiger partial charge is 0.407 e. The molecule has 0 aromatic rings. The molecule has 0 aliphatic carbocycles. The van der Waals surface area contributed by atoms with Crippen LogP contribution < -0.4 is 5.32 Å². The number of amides is 1. The Labute approximate surface area is 80.5 Å². The Bertz CT molecular complexity index is 152. The number of nitrogens with zero attached hydrogens (tertiary/aromatic N) is 1. The molecule has 0 saturated carbocycles. The van der Waals surface area contributed by atoms with Gasteiger partial charge in [-0.2, -0.15) is 0 Å². The summed E-state index contributed by atoms with van der Waals surface area (Å²) in [6.45, 7) is 3.99. The second-order valence-corrected chi connectivity index (χ2v) is 4.08. The van der Waals surface area contributed by atoms with Crippen LogP contribution in [0.15, 0.2) is 0 Å². The van der Waals surface area contributed by atoms with Crippen molar-refractivity contribution in [3.05, 3.63) is 0 Å². The van der Waals surface area contributed by atoms with E-state index in [2.05, 4.69) is 26.5 Å². The van der Waals surface area contributed by atoms with Gasteiger partial charge in [0.25, 0.3) is 0 Å². The first-order chi connectivity index (χ1) is 5.95. The molecule has 0 saturated heterocycles. The minimum Gasteiger partial charge on any atom is -0.444 e. The van der Waals surface area contributed by atoms with Crippen LogP contribution in [-0.2, 0) is 4.74 Å². The van der Waals surface area contributed by atoms with E-state index in [4.69, 9.17) is 4.74 Å². The molecule has 0 spiro atoms. The van der Waals surface area contributed by atoms with Crippen molar-refractivity contribution >= 4 is 6.09 Å². The molecule has 0 aromatic carbocycles. The maximum absolute atomic E-state index is 10.9. The lowest BCUT2D eigenvalue weighted by atomic mass is 10.5. The van der Waals surface area contributed by atoms with E-state index < -0.39 is 0 Å².